The summed E-state index contributed by atoms with van der Waals surface area (Å²) in [6.45, 7) is 0. The Morgan fingerprint density at radius 3 is 2.42 bits per heavy atom. The standard InChI is InChI=1S/C16H15BrClNO4S/c1-23-16(20)10-14(11-6-8-12(17)9-7-11)19-24(21,22)15-5-3-2-4-13(15)18/h2-9,14,19H,10H2,1H3/t14-/m1/s1. The molecule has 0 heterocycles. The highest BCUT2D eigenvalue weighted by Gasteiger charge is 2.25. The number of rotatable bonds is 6. The zero-order valence-electron chi connectivity index (χ0n) is 12.7. The van der Waals surface area contributed by atoms with Gasteiger partial charge in [0.1, 0.15) is 4.90 Å². The highest BCUT2D eigenvalue weighted by molar-refractivity contribution is 9.10. The van der Waals surface area contributed by atoms with Gasteiger partial charge in [-0.3, -0.25) is 4.79 Å². The number of carbonyl (C=O) groups excluding carboxylic acids is 1. The number of esters is 1. The van der Waals surface area contributed by atoms with Crippen molar-refractivity contribution in [2.24, 2.45) is 0 Å². The molecule has 0 aliphatic carbocycles. The van der Waals surface area contributed by atoms with Crippen molar-refractivity contribution in [1.82, 2.24) is 4.72 Å². The first kappa shape index (κ1) is 18.9. The van der Waals surface area contributed by atoms with E-state index < -0.39 is 22.0 Å². The molecule has 128 valence electrons. The Hall–Kier alpha value is -1.41. The summed E-state index contributed by atoms with van der Waals surface area (Å²) in [7, 11) is -2.65. The van der Waals surface area contributed by atoms with E-state index >= 15 is 0 Å². The molecule has 2 aromatic carbocycles. The number of hydrogen-bond donors (Lipinski definition) is 1. The smallest absolute Gasteiger partial charge is 0.307 e. The number of nitrogens with one attached hydrogen (secondary N) is 1. The van der Waals surface area contributed by atoms with E-state index in [2.05, 4.69) is 25.4 Å². The Morgan fingerprint density at radius 1 is 1.21 bits per heavy atom. The molecule has 0 radical (unpaired) electrons. The van der Waals surface area contributed by atoms with E-state index in [1.165, 1.54) is 19.2 Å². The number of benzene rings is 2. The maximum absolute atomic E-state index is 12.6. The monoisotopic (exact) mass is 431 g/mol. The fourth-order valence-corrected chi connectivity index (χ4v) is 4.09. The van der Waals surface area contributed by atoms with Crippen LogP contribution in [0.15, 0.2) is 57.9 Å². The van der Waals surface area contributed by atoms with Gasteiger partial charge in [0.2, 0.25) is 10.0 Å². The Balaban J connectivity index is 2.35. The van der Waals surface area contributed by atoms with Crippen LogP contribution in [-0.2, 0) is 19.6 Å². The van der Waals surface area contributed by atoms with Crippen LogP contribution >= 0.6 is 27.5 Å². The maximum Gasteiger partial charge on any atom is 0.307 e. The fourth-order valence-electron chi connectivity index (χ4n) is 2.09. The number of carbonyl (C=O) groups is 1. The molecule has 0 saturated carbocycles. The molecule has 5 nitrogen and oxygen atoms in total. The molecular weight excluding hydrogens is 418 g/mol. The van der Waals surface area contributed by atoms with Crippen molar-refractivity contribution < 1.29 is 17.9 Å². The van der Waals surface area contributed by atoms with E-state index in [0.717, 1.165) is 4.47 Å². The van der Waals surface area contributed by atoms with Gasteiger partial charge >= 0.3 is 5.97 Å². The molecule has 8 heteroatoms. The highest BCUT2D eigenvalue weighted by atomic mass is 79.9. The van der Waals surface area contributed by atoms with Crippen LogP contribution in [0.5, 0.6) is 0 Å². The summed E-state index contributed by atoms with van der Waals surface area (Å²) < 4.78 is 33.3. The molecule has 0 aliphatic rings. The molecule has 0 fully saturated rings. The number of methoxy groups -OCH3 is 1. The van der Waals surface area contributed by atoms with Crippen molar-refractivity contribution >= 4 is 43.5 Å². The quantitative estimate of drug-likeness (QED) is 0.707. The Bertz CT molecular complexity index is 824. The van der Waals surface area contributed by atoms with Crippen LogP contribution in [0.2, 0.25) is 5.02 Å². The third kappa shape index (κ3) is 4.80. The van der Waals surface area contributed by atoms with E-state index in [4.69, 9.17) is 11.6 Å². The highest BCUT2D eigenvalue weighted by Crippen LogP contribution is 2.25. The molecular formula is C16H15BrClNO4S. The summed E-state index contributed by atoms with van der Waals surface area (Å²) in [5, 5.41) is 0.109. The topological polar surface area (TPSA) is 72.5 Å². The Kier molecular flexibility index (Phi) is 6.40. The van der Waals surface area contributed by atoms with Crippen LogP contribution in [0, 0.1) is 0 Å². The van der Waals surface area contributed by atoms with Crippen LogP contribution in [0.3, 0.4) is 0 Å². The number of halogens is 2. The minimum absolute atomic E-state index is 0.0429. The molecule has 0 unspecified atom stereocenters. The average Bonchev–Trinajstić information content (AvgIpc) is 2.54. The van der Waals surface area contributed by atoms with Crippen molar-refractivity contribution in [2.75, 3.05) is 7.11 Å². The molecule has 0 aliphatic heterocycles. The van der Waals surface area contributed by atoms with Crippen molar-refractivity contribution in [2.45, 2.75) is 17.4 Å². The number of ether oxygens (including phenoxy) is 1. The van der Waals surface area contributed by atoms with Gasteiger partial charge in [-0.2, -0.15) is 0 Å². The summed E-state index contributed by atoms with van der Waals surface area (Å²) in [6, 6.07) is 12.3. The molecule has 2 rings (SSSR count). The fraction of sp³-hybridized carbons (Fsp3) is 0.188. The van der Waals surface area contributed by atoms with Gasteiger partial charge in [0.05, 0.1) is 24.6 Å². The Labute approximate surface area is 154 Å². The van der Waals surface area contributed by atoms with Crippen LogP contribution in [0.4, 0.5) is 0 Å². The molecule has 1 N–H and O–H groups in total. The molecule has 0 saturated heterocycles. The van der Waals surface area contributed by atoms with Crippen LogP contribution in [0.25, 0.3) is 0 Å². The van der Waals surface area contributed by atoms with Gasteiger partial charge in [-0.15, -0.1) is 0 Å². The molecule has 0 aromatic heterocycles. The van der Waals surface area contributed by atoms with Crippen molar-refractivity contribution in [3.8, 4) is 0 Å². The number of sulfonamides is 1. The SMILES string of the molecule is COC(=O)C[C@@H](NS(=O)(=O)c1ccccc1Cl)c1ccc(Br)cc1. The van der Waals surface area contributed by atoms with E-state index in [-0.39, 0.29) is 16.3 Å². The molecule has 2 aromatic rings. The summed E-state index contributed by atoms with van der Waals surface area (Å²) >= 11 is 9.29. The third-order valence-corrected chi connectivity index (χ3v) is 5.79. The van der Waals surface area contributed by atoms with Crippen LogP contribution in [-0.4, -0.2) is 21.5 Å². The number of hydrogen-bond acceptors (Lipinski definition) is 4. The lowest BCUT2D eigenvalue weighted by Crippen LogP contribution is -2.30. The van der Waals surface area contributed by atoms with E-state index in [1.807, 2.05) is 0 Å². The molecule has 1 atom stereocenters. The minimum Gasteiger partial charge on any atom is -0.469 e. The zero-order chi connectivity index (χ0) is 17.7. The van der Waals surface area contributed by atoms with Gasteiger partial charge in [-0.25, -0.2) is 13.1 Å². The molecule has 0 amide bonds. The van der Waals surface area contributed by atoms with Gasteiger partial charge < -0.3 is 4.74 Å². The van der Waals surface area contributed by atoms with E-state index in [0.29, 0.717) is 5.56 Å². The third-order valence-electron chi connectivity index (χ3n) is 3.29. The first-order valence-corrected chi connectivity index (χ1v) is 9.58. The first-order chi connectivity index (χ1) is 11.3. The zero-order valence-corrected chi connectivity index (χ0v) is 15.9. The molecule has 0 spiro atoms. The van der Waals surface area contributed by atoms with Gasteiger partial charge in [-0.1, -0.05) is 51.8 Å². The van der Waals surface area contributed by atoms with Crippen LogP contribution < -0.4 is 4.72 Å². The summed E-state index contributed by atoms with van der Waals surface area (Å²) in [6.07, 6.45) is -0.137. The van der Waals surface area contributed by atoms with Gasteiger partial charge in [-0.05, 0) is 29.8 Å². The van der Waals surface area contributed by atoms with Crippen molar-refractivity contribution in [1.29, 1.82) is 0 Å². The van der Waals surface area contributed by atoms with E-state index in [9.17, 15) is 13.2 Å². The summed E-state index contributed by atoms with van der Waals surface area (Å²) in [4.78, 5) is 11.6. The Morgan fingerprint density at radius 2 is 1.83 bits per heavy atom. The van der Waals surface area contributed by atoms with Crippen molar-refractivity contribution in [3.63, 3.8) is 0 Å². The lowest BCUT2D eigenvalue weighted by molar-refractivity contribution is -0.141. The normalized spacial score (nSPS) is 12.6. The second-order valence-electron chi connectivity index (χ2n) is 4.94. The average molecular weight is 433 g/mol. The largest absolute Gasteiger partial charge is 0.469 e. The summed E-state index contributed by atoms with van der Waals surface area (Å²) in [5.74, 6) is -0.523. The lowest BCUT2D eigenvalue weighted by Gasteiger charge is -2.19. The van der Waals surface area contributed by atoms with Gasteiger partial charge in [0.25, 0.3) is 0 Å². The summed E-state index contributed by atoms with van der Waals surface area (Å²) in [5.41, 5.74) is 0.638. The van der Waals surface area contributed by atoms with Gasteiger partial charge in [0.15, 0.2) is 0 Å². The lowest BCUT2D eigenvalue weighted by atomic mass is 10.1. The first-order valence-electron chi connectivity index (χ1n) is 6.92. The van der Waals surface area contributed by atoms with E-state index in [1.54, 1.807) is 36.4 Å². The van der Waals surface area contributed by atoms with Crippen LogP contribution in [0.1, 0.15) is 18.0 Å². The second-order valence-corrected chi connectivity index (χ2v) is 7.94. The molecule has 0 bridgehead atoms. The predicted molar refractivity (Wildman–Crippen MR) is 95.3 cm³/mol. The maximum atomic E-state index is 12.6. The van der Waals surface area contributed by atoms with Crippen molar-refractivity contribution in [3.05, 3.63) is 63.6 Å². The predicted octanol–water partition coefficient (Wildman–Crippen LogP) is 3.69. The molecule has 24 heavy (non-hydrogen) atoms. The van der Waals surface area contributed by atoms with Gasteiger partial charge in [0, 0.05) is 4.47 Å². The second kappa shape index (κ2) is 8.11. The minimum atomic E-state index is -3.90.